The van der Waals surface area contributed by atoms with Crippen molar-refractivity contribution in [1.82, 2.24) is 0 Å². The zero-order valence-corrected chi connectivity index (χ0v) is 19.2. The van der Waals surface area contributed by atoms with Gasteiger partial charge in [0.2, 0.25) is 0 Å². The quantitative estimate of drug-likeness (QED) is 0.222. The Balaban J connectivity index is 1.45. The molecule has 0 radical (unpaired) electrons. The summed E-state index contributed by atoms with van der Waals surface area (Å²) in [5.41, 5.74) is 3.13. The molecule has 1 aromatic heterocycles. The largest absolute Gasteiger partial charge is 0.206 e. The van der Waals surface area contributed by atoms with Crippen molar-refractivity contribution in [3.8, 4) is 33.4 Å². The minimum absolute atomic E-state index is 0.188. The summed E-state index contributed by atoms with van der Waals surface area (Å²) in [4.78, 5) is 1.18. The molecule has 0 N–H and O–H groups in total. The van der Waals surface area contributed by atoms with E-state index in [0.717, 1.165) is 41.5 Å². The summed E-state index contributed by atoms with van der Waals surface area (Å²) in [6.45, 7) is 2.11. The lowest BCUT2D eigenvalue weighted by atomic mass is 9.97. The lowest BCUT2D eigenvalue weighted by molar-refractivity contribution is 0.509. The fourth-order valence-electron chi connectivity index (χ4n) is 4.15. The second-order valence-corrected chi connectivity index (χ2v) is 9.35. The highest BCUT2D eigenvalue weighted by molar-refractivity contribution is 7.19. The summed E-state index contributed by atoms with van der Waals surface area (Å²) in [5, 5.41) is 0.919. The van der Waals surface area contributed by atoms with Crippen LogP contribution in [0.4, 0.5) is 17.6 Å². The van der Waals surface area contributed by atoms with Crippen LogP contribution < -0.4 is 0 Å². The van der Waals surface area contributed by atoms with Gasteiger partial charge >= 0.3 is 0 Å². The molecule has 34 heavy (non-hydrogen) atoms. The molecule has 0 aliphatic heterocycles. The molecular weight excluding hydrogens is 456 g/mol. The summed E-state index contributed by atoms with van der Waals surface area (Å²) in [6, 6.07) is 21.0. The highest BCUT2D eigenvalue weighted by atomic mass is 32.1. The molecule has 0 unspecified atom stereocenters. The molecule has 0 fully saturated rings. The molecule has 5 rings (SSSR count). The van der Waals surface area contributed by atoms with Crippen LogP contribution in [0.15, 0.2) is 78.9 Å². The number of hydrogen-bond acceptors (Lipinski definition) is 1. The first kappa shape index (κ1) is 22.4. The topological polar surface area (TPSA) is 0 Å². The highest BCUT2D eigenvalue weighted by Crippen LogP contribution is 2.36. The maximum absolute atomic E-state index is 15.3. The third-order valence-corrected chi connectivity index (χ3v) is 7.11. The van der Waals surface area contributed by atoms with Crippen LogP contribution in [0.5, 0.6) is 0 Å². The van der Waals surface area contributed by atoms with E-state index >= 15 is 4.39 Å². The van der Waals surface area contributed by atoms with Crippen LogP contribution in [-0.4, -0.2) is 0 Å². The second-order valence-electron chi connectivity index (χ2n) is 8.21. The average Bonchev–Trinajstić information content (AvgIpc) is 3.25. The van der Waals surface area contributed by atoms with Crippen molar-refractivity contribution >= 4 is 21.4 Å². The van der Waals surface area contributed by atoms with Crippen LogP contribution >= 0.6 is 11.3 Å². The van der Waals surface area contributed by atoms with Gasteiger partial charge in [0.15, 0.2) is 11.6 Å². The summed E-state index contributed by atoms with van der Waals surface area (Å²) in [6.07, 6.45) is 1.96. The zero-order valence-electron chi connectivity index (χ0n) is 18.3. The molecule has 170 valence electrons. The van der Waals surface area contributed by atoms with E-state index in [0.29, 0.717) is 15.8 Å². The predicted molar refractivity (Wildman–Crippen MR) is 132 cm³/mol. The SMILES string of the molecule is CCCc1cc2ccc(-c3ccc(-c4ccc(-c5ccc(F)c(F)c5)c(F)c4)cc3)c(F)c2s1. The van der Waals surface area contributed by atoms with Gasteiger partial charge in [-0.05, 0) is 58.3 Å². The van der Waals surface area contributed by atoms with E-state index in [-0.39, 0.29) is 16.9 Å². The van der Waals surface area contributed by atoms with Crippen LogP contribution in [0.2, 0.25) is 0 Å². The lowest BCUT2D eigenvalue weighted by Gasteiger charge is -2.09. The van der Waals surface area contributed by atoms with Crippen LogP contribution in [0.3, 0.4) is 0 Å². The van der Waals surface area contributed by atoms with Gasteiger partial charge in [-0.2, -0.15) is 0 Å². The molecule has 0 atom stereocenters. The molecule has 0 saturated heterocycles. The minimum Gasteiger partial charge on any atom is -0.206 e. The van der Waals surface area contributed by atoms with Crippen molar-refractivity contribution in [3.63, 3.8) is 0 Å². The molecule has 4 aromatic carbocycles. The summed E-state index contributed by atoms with van der Waals surface area (Å²) < 4.78 is 57.5. The lowest BCUT2D eigenvalue weighted by Crippen LogP contribution is -1.90. The first-order chi connectivity index (χ1) is 16.4. The molecule has 0 amide bonds. The van der Waals surface area contributed by atoms with Gasteiger partial charge in [0.25, 0.3) is 0 Å². The van der Waals surface area contributed by atoms with E-state index in [1.165, 1.54) is 28.3 Å². The fraction of sp³-hybridized carbons (Fsp3) is 0.103. The van der Waals surface area contributed by atoms with Crippen molar-refractivity contribution in [2.75, 3.05) is 0 Å². The fourth-order valence-corrected chi connectivity index (χ4v) is 5.35. The predicted octanol–water partition coefficient (Wildman–Crippen LogP) is 9.41. The monoisotopic (exact) mass is 476 g/mol. The minimum atomic E-state index is -1.02. The van der Waals surface area contributed by atoms with E-state index in [1.807, 2.05) is 30.3 Å². The van der Waals surface area contributed by atoms with Crippen LogP contribution in [-0.2, 0) is 6.42 Å². The average molecular weight is 477 g/mol. The molecule has 0 aliphatic rings. The second kappa shape index (κ2) is 9.07. The number of aryl methyl sites for hydroxylation is 1. The van der Waals surface area contributed by atoms with Gasteiger partial charge in [0, 0.05) is 16.0 Å². The molecule has 5 aromatic rings. The molecule has 0 bridgehead atoms. The smallest absolute Gasteiger partial charge is 0.159 e. The standard InChI is InChI=1S/C29H20F4S/c1-2-3-22-14-21-9-12-24(28(33)29(21)34-22)18-6-4-17(5-7-18)19-8-11-23(26(31)15-19)20-10-13-25(30)27(32)16-20/h4-16H,2-3H2,1H3. The Bertz CT molecular complexity index is 1500. The maximum Gasteiger partial charge on any atom is 0.159 e. The normalized spacial score (nSPS) is 11.3. The van der Waals surface area contributed by atoms with Gasteiger partial charge in [0.1, 0.15) is 11.6 Å². The molecule has 0 spiro atoms. The van der Waals surface area contributed by atoms with E-state index in [9.17, 15) is 13.2 Å². The third kappa shape index (κ3) is 4.12. The van der Waals surface area contributed by atoms with Crippen molar-refractivity contribution in [3.05, 3.63) is 107 Å². The number of rotatable bonds is 5. The van der Waals surface area contributed by atoms with Gasteiger partial charge in [-0.1, -0.05) is 67.9 Å². The molecule has 0 nitrogen and oxygen atoms in total. The van der Waals surface area contributed by atoms with Gasteiger partial charge in [-0.3, -0.25) is 0 Å². The first-order valence-electron chi connectivity index (χ1n) is 11.0. The number of halogens is 4. The van der Waals surface area contributed by atoms with Crippen LogP contribution in [0.1, 0.15) is 18.2 Å². The Morgan fingerprint density at radius 3 is 1.94 bits per heavy atom. The number of fused-ring (bicyclic) bond motifs is 1. The zero-order chi connectivity index (χ0) is 23.8. The number of hydrogen-bond donors (Lipinski definition) is 0. The van der Waals surface area contributed by atoms with Crippen molar-refractivity contribution < 1.29 is 17.6 Å². The Kier molecular flexibility index (Phi) is 5.96. The molecule has 5 heteroatoms. The molecule has 0 aliphatic carbocycles. The molecule has 1 heterocycles. The van der Waals surface area contributed by atoms with E-state index < -0.39 is 17.5 Å². The third-order valence-electron chi connectivity index (χ3n) is 5.90. The Morgan fingerprint density at radius 1 is 0.588 bits per heavy atom. The maximum atomic E-state index is 15.3. The van der Waals surface area contributed by atoms with Gasteiger partial charge < -0.3 is 0 Å². The van der Waals surface area contributed by atoms with Crippen molar-refractivity contribution in [2.45, 2.75) is 19.8 Å². The van der Waals surface area contributed by atoms with E-state index in [2.05, 4.69) is 13.0 Å². The van der Waals surface area contributed by atoms with Gasteiger partial charge in [-0.15, -0.1) is 11.3 Å². The number of thiophene rings is 1. The Morgan fingerprint density at radius 2 is 1.24 bits per heavy atom. The van der Waals surface area contributed by atoms with Crippen LogP contribution in [0.25, 0.3) is 43.5 Å². The van der Waals surface area contributed by atoms with Gasteiger partial charge in [0.05, 0.1) is 4.70 Å². The van der Waals surface area contributed by atoms with E-state index in [4.69, 9.17) is 0 Å². The molecular formula is C29H20F4S. The first-order valence-corrected chi connectivity index (χ1v) is 11.8. The summed E-state index contributed by atoms with van der Waals surface area (Å²) >= 11 is 1.50. The van der Waals surface area contributed by atoms with Crippen LogP contribution in [0, 0.1) is 23.3 Å². The number of benzene rings is 4. The highest BCUT2D eigenvalue weighted by Gasteiger charge is 2.14. The Hall–Kier alpha value is -3.44. The van der Waals surface area contributed by atoms with E-state index in [1.54, 1.807) is 18.2 Å². The molecule has 0 saturated carbocycles. The summed E-state index contributed by atoms with van der Waals surface area (Å²) in [7, 11) is 0. The Labute approximate surface area is 199 Å². The van der Waals surface area contributed by atoms with Crippen molar-refractivity contribution in [1.29, 1.82) is 0 Å². The van der Waals surface area contributed by atoms with Gasteiger partial charge in [-0.25, -0.2) is 17.6 Å². The van der Waals surface area contributed by atoms with Crippen molar-refractivity contribution in [2.24, 2.45) is 0 Å². The summed E-state index contributed by atoms with van der Waals surface area (Å²) in [5.74, 6) is -2.76.